The van der Waals surface area contributed by atoms with Gasteiger partial charge in [0.05, 0.1) is 22.7 Å². The Hall–Kier alpha value is -3.46. The molecule has 0 aromatic heterocycles. The van der Waals surface area contributed by atoms with Gasteiger partial charge in [0.2, 0.25) is 24.3 Å². The second-order valence-electron chi connectivity index (χ2n) is 4.79. The van der Waals surface area contributed by atoms with Crippen LogP contribution in [0.25, 0.3) is 0 Å². The van der Waals surface area contributed by atoms with Gasteiger partial charge in [0.15, 0.2) is 4.33 Å². The lowest BCUT2D eigenvalue weighted by atomic mass is 9.99. The van der Waals surface area contributed by atoms with E-state index >= 15 is 0 Å². The summed E-state index contributed by atoms with van der Waals surface area (Å²) in [4.78, 5) is 56.5. The average Bonchev–Trinajstić information content (AvgIpc) is 2.65. The molecule has 8 nitrogen and oxygen atoms in total. The number of rotatable bonds is 6. The Labute approximate surface area is 161 Å². The summed E-state index contributed by atoms with van der Waals surface area (Å²) in [7, 11) is 0. The van der Waals surface area contributed by atoms with Crippen molar-refractivity contribution in [3.8, 4) is 0 Å². The summed E-state index contributed by atoms with van der Waals surface area (Å²) in [6.07, 6.45) is 5.46. The molecule has 132 valence electrons. The maximum Gasteiger partial charge on any atom is 0.240 e. The molecule has 0 radical (unpaired) electrons. The van der Waals surface area contributed by atoms with Crippen molar-refractivity contribution in [1.29, 1.82) is 0 Å². The van der Waals surface area contributed by atoms with Crippen LogP contribution in [0, 0.1) is 0 Å². The summed E-state index contributed by atoms with van der Waals surface area (Å²) < 4.78 is -1.94. The molecule has 2 rings (SSSR count). The molecule has 0 amide bonds. The van der Waals surface area contributed by atoms with E-state index in [1.54, 1.807) is 0 Å². The van der Waals surface area contributed by atoms with Crippen LogP contribution < -0.4 is 0 Å². The van der Waals surface area contributed by atoms with E-state index in [9.17, 15) is 19.2 Å². The minimum atomic E-state index is -1.94. The number of isocyanates is 4. The highest BCUT2D eigenvalue weighted by molar-refractivity contribution is 6.50. The molecule has 0 aliphatic carbocycles. The van der Waals surface area contributed by atoms with E-state index in [1.807, 2.05) is 0 Å². The molecule has 0 unspecified atom stereocenters. The Morgan fingerprint density at radius 2 is 1.00 bits per heavy atom. The van der Waals surface area contributed by atoms with Gasteiger partial charge in [0, 0.05) is 11.1 Å². The van der Waals surface area contributed by atoms with Crippen molar-refractivity contribution in [3.63, 3.8) is 0 Å². The van der Waals surface area contributed by atoms with E-state index < -0.39 is 4.33 Å². The second kappa shape index (κ2) is 8.77. The molecule has 10 heteroatoms. The number of halogens is 2. The lowest BCUT2D eigenvalue weighted by Crippen LogP contribution is -2.13. The molecule has 0 aliphatic heterocycles. The largest absolute Gasteiger partial charge is 0.240 e. The molecule has 0 saturated heterocycles. The summed E-state index contributed by atoms with van der Waals surface area (Å²) in [6.45, 7) is 0. The van der Waals surface area contributed by atoms with E-state index in [0.717, 1.165) is 0 Å². The molecule has 0 fully saturated rings. The summed E-state index contributed by atoms with van der Waals surface area (Å²) in [5.74, 6) is 0. The highest BCUT2D eigenvalue weighted by Crippen LogP contribution is 2.49. The standard InChI is InChI=1S/C17H6Cl2N4O4/c18-17(19,13-5-11(20-7-24)1-3-15(13)22-9-26)14-6-12(21-8-25)2-4-16(14)23-10-27/h1-6H. The van der Waals surface area contributed by atoms with Crippen molar-refractivity contribution < 1.29 is 19.2 Å². The fourth-order valence-corrected chi connectivity index (χ4v) is 2.84. The summed E-state index contributed by atoms with van der Waals surface area (Å²) >= 11 is 13.0. The molecule has 0 N–H and O–H groups in total. The molecule has 0 atom stereocenters. The first-order chi connectivity index (χ1) is 13.0. The van der Waals surface area contributed by atoms with Crippen molar-refractivity contribution in [3.05, 3.63) is 47.5 Å². The quantitative estimate of drug-likeness (QED) is 0.409. The van der Waals surface area contributed by atoms with Crippen LogP contribution in [0.2, 0.25) is 0 Å². The Bertz CT molecular complexity index is 1000. The molecule has 27 heavy (non-hydrogen) atoms. The molecule has 0 bridgehead atoms. The van der Waals surface area contributed by atoms with Gasteiger partial charge in [-0.3, -0.25) is 0 Å². The van der Waals surface area contributed by atoms with Gasteiger partial charge in [-0.15, -0.1) is 0 Å². The first-order valence-electron chi connectivity index (χ1n) is 6.96. The van der Waals surface area contributed by atoms with Crippen LogP contribution in [0.5, 0.6) is 0 Å². The van der Waals surface area contributed by atoms with Crippen LogP contribution in [0.3, 0.4) is 0 Å². The number of aliphatic imine (C=N–C) groups is 4. The first-order valence-corrected chi connectivity index (χ1v) is 7.72. The van der Waals surface area contributed by atoms with E-state index in [1.165, 1.54) is 60.7 Å². The van der Waals surface area contributed by atoms with Gasteiger partial charge >= 0.3 is 0 Å². The number of hydrogen-bond donors (Lipinski definition) is 0. The van der Waals surface area contributed by atoms with E-state index in [-0.39, 0.29) is 33.9 Å². The number of benzene rings is 2. The van der Waals surface area contributed by atoms with Gasteiger partial charge in [-0.2, -0.15) is 20.0 Å². The Morgan fingerprint density at radius 3 is 1.33 bits per heavy atom. The van der Waals surface area contributed by atoms with Gasteiger partial charge in [-0.25, -0.2) is 19.2 Å². The van der Waals surface area contributed by atoms with Crippen molar-refractivity contribution in [2.75, 3.05) is 0 Å². The molecule has 2 aromatic carbocycles. The molecule has 2 aromatic rings. The number of nitrogens with zero attached hydrogens (tertiary/aromatic N) is 4. The van der Waals surface area contributed by atoms with E-state index in [4.69, 9.17) is 23.2 Å². The number of carbonyl (C=O) groups excluding carboxylic acids is 4. The molecule has 0 heterocycles. The fraction of sp³-hybridized carbons (Fsp3) is 0.0588. The van der Waals surface area contributed by atoms with E-state index in [2.05, 4.69) is 20.0 Å². The zero-order valence-electron chi connectivity index (χ0n) is 13.1. The Morgan fingerprint density at radius 1 is 0.630 bits per heavy atom. The fourth-order valence-electron chi connectivity index (χ4n) is 2.23. The normalized spacial score (nSPS) is 9.85. The highest BCUT2D eigenvalue weighted by Gasteiger charge is 2.35. The van der Waals surface area contributed by atoms with Gasteiger partial charge in [0.1, 0.15) is 0 Å². The van der Waals surface area contributed by atoms with Gasteiger partial charge < -0.3 is 0 Å². The second-order valence-corrected chi connectivity index (χ2v) is 6.12. The Kier molecular flexibility index (Phi) is 6.45. The topological polar surface area (TPSA) is 118 Å². The van der Waals surface area contributed by atoms with Crippen LogP contribution in [-0.4, -0.2) is 24.3 Å². The minimum absolute atomic E-state index is 0.0326. The monoisotopic (exact) mass is 400 g/mol. The molecule has 0 aliphatic rings. The third kappa shape index (κ3) is 4.39. The average molecular weight is 401 g/mol. The maximum absolute atomic E-state index is 10.7. The van der Waals surface area contributed by atoms with Gasteiger partial charge in [0.25, 0.3) is 0 Å². The van der Waals surface area contributed by atoms with Gasteiger partial charge in [-0.1, -0.05) is 23.2 Å². The van der Waals surface area contributed by atoms with Crippen molar-refractivity contribution in [2.24, 2.45) is 20.0 Å². The lowest BCUT2D eigenvalue weighted by molar-refractivity contribution is 0.564. The minimum Gasteiger partial charge on any atom is -0.211 e. The van der Waals surface area contributed by atoms with Crippen molar-refractivity contribution in [1.82, 2.24) is 0 Å². The van der Waals surface area contributed by atoms with Crippen molar-refractivity contribution >= 4 is 70.3 Å². The van der Waals surface area contributed by atoms with Gasteiger partial charge in [-0.05, 0) is 36.4 Å². The van der Waals surface area contributed by atoms with Crippen LogP contribution in [0.15, 0.2) is 56.4 Å². The predicted molar refractivity (Wildman–Crippen MR) is 96.5 cm³/mol. The smallest absolute Gasteiger partial charge is 0.211 e. The van der Waals surface area contributed by atoms with Crippen LogP contribution in [0.1, 0.15) is 11.1 Å². The third-order valence-electron chi connectivity index (χ3n) is 3.32. The molecule has 0 spiro atoms. The highest BCUT2D eigenvalue weighted by atomic mass is 35.5. The molecular weight excluding hydrogens is 395 g/mol. The van der Waals surface area contributed by atoms with Crippen LogP contribution in [-0.2, 0) is 23.5 Å². The maximum atomic E-state index is 10.7. The summed E-state index contributed by atoms with van der Waals surface area (Å²) in [5.41, 5.74) is 0.423. The SMILES string of the molecule is O=C=Nc1ccc(N=C=O)c(C(Cl)(Cl)c2cc(N=C=O)ccc2N=C=O)c1. The zero-order valence-corrected chi connectivity index (χ0v) is 14.7. The van der Waals surface area contributed by atoms with E-state index in [0.29, 0.717) is 0 Å². The van der Waals surface area contributed by atoms with Crippen LogP contribution >= 0.6 is 23.2 Å². The lowest BCUT2D eigenvalue weighted by Gasteiger charge is -2.23. The third-order valence-corrected chi connectivity index (χ3v) is 4.13. The zero-order chi connectivity index (χ0) is 19.9. The predicted octanol–water partition coefficient (Wildman–Crippen LogP) is 4.23. The van der Waals surface area contributed by atoms with Crippen molar-refractivity contribution in [2.45, 2.75) is 4.33 Å². The number of alkyl halides is 2. The summed E-state index contributed by atoms with van der Waals surface area (Å²) in [6, 6.07) is 8.03. The Balaban J connectivity index is 2.84. The van der Waals surface area contributed by atoms with Crippen LogP contribution in [0.4, 0.5) is 22.7 Å². The molecular formula is C17H6Cl2N4O4. The molecule has 0 saturated carbocycles. The summed E-state index contributed by atoms with van der Waals surface area (Å²) in [5, 5.41) is 0. The first kappa shape index (κ1) is 19.9. The number of hydrogen-bond acceptors (Lipinski definition) is 8.